The van der Waals surface area contributed by atoms with E-state index in [4.69, 9.17) is 47.2 Å². The van der Waals surface area contributed by atoms with Gasteiger partial charge in [0.25, 0.3) is 0 Å². The zero-order chi connectivity index (χ0) is 21.2. The lowest BCUT2D eigenvalue weighted by Crippen LogP contribution is -2.39. The molecule has 0 bridgehead atoms. The van der Waals surface area contributed by atoms with Gasteiger partial charge in [0.05, 0.1) is 19.3 Å². The summed E-state index contributed by atoms with van der Waals surface area (Å²) in [5.41, 5.74) is 10.1. The lowest BCUT2D eigenvalue weighted by molar-refractivity contribution is -0.141. The number of aliphatic hydroxyl groups is 5. The van der Waals surface area contributed by atoms with E-state index in [2.05, 4.69) is 0 Å². The van der Waals surface area contributed by atoms with E-state index in [9.17, 15) is 9.59 Å². The van der Waals surface area contributed by atoms with E-state index in [-0.39, 0.29) is 13.2 Å². The van der Waals surface area contributed by atoms with Crippen LogP contribution in [0.25, 0.3) is 0 Å². The van der Waals surface area contributed by atoms with Gasteiger partial charge in [-0.1, -0.05) is 13.8 Å². The van der Waals surface area contributed by atoms with Crippen molar-refractivity contribution in [1.82, 2.24) is 0 Å². The van der Waals surface area contributed by atoms with Gasteiger partial charge in [-0.2, -0.15) is 0 Å². The van der Waals surface area contributed by atoms with Crippen molar-refractivity contribution in [3.8, 4) is 0 Å². The van der Waals surface area contributed by atoms with Crippen molar-refractivity contribution in [3.63, 3.8) is 0 Å². The van der Waals surface area contributed by atoms with Gasteiger partial charge >= 0.3 is 11.9 Å². The Morgan fingerprint density at radius 3 is 1.28 bits per heavy atom. The van der Waals surface area contributed by atoms with Crippen molar-refractivity contribution in [2.45, 2.75) is 51.5 Å². The second-order valence-electron chi connectivity index (χ2n) is 5.20. The lowest BCUT2D eigenvalue weighted by Gasteiger charge is -2.07. The number of aliphatic carboxylic acids is 2. The third-order valence-corrected chi connectivity index (χ3v) is 2.27. The number of hydrogen-bond donors (Lipinski definition) is 9. The maximum absolute atomic E-state index is 10.1. The minimum Gasteiger partial charge on any atom is -0.480 e. The molecule has 154 valence electrons. The SMILES string of the molecule is CC(C)CC(N)C(=O)O.CC(O)C(N)C(=O)O.CO.OCC(O)CO. The van der Waals surface area contributed by atoms with Crippen LogP contribution in [0, 0.1) is 5.92 Å². The molecule has 25 heavy (non-hydrogen) atoms. The fraction of sp³-hybridized carbons (Fsp3) is 0.857. The molecule has 0 aromatic carbocycles. The first-order valence-corrected chi connectivity index (χ1v) is 7.39. The zero-order valence-electron chi connectivity index (χ0n) is 15.1. The van der Waals surface area contributed by atoms with E-state index < -0.39 is 36.2 Å². The standard InChI is InChI=1S/C6H13NO2.C4H9NO3.C3H8O3.CH4O/c1-4(2)3-5(7)6(8)9;1-2(6)3(5)4(7)8;4-1-3(6)2-5;1-2/h4-5H,3,7H2,1-2H3,(H,8,9);2-3,6H,5H2,1H3,(H,7,8);3-6H,1-2H2;2H,1H3. The molecule has 0 spiro atoms. The summed E-state index contributed by atoms with van der Waals surface area (Å²) in [4.78, 5) is 20.0. The molecule has 0 aliphatic carbocycles. The summed E-state index contributed by atoms with van der Waals surface area (Å²) < 4.78 is 0. The molecule has 11 N–H and O–H groups in total. The molecule has 0 aromatic rings. The monoisotopic (exact) mass is 374 g/mol. The molecule has 3 unspecified atom stereocenters. The maximum atomic E-state index is 10.1. The van der Waals surface area contributed by atoms with Crippen LogP contribution >= 0.6 is 0 Å². The number of carboxylic acids is 2. The largest absolute Gasteiger partial charge is 0.480 e. The van der Waals surface area contributed by atoms with Gasteiger partial charge in [-0.15, -0.1) is 0 Å². The van der Waals surface area contributed by atoms with Gasteiger partial charge in [0.15, 0.2) is 0 Å². The minimum atomic E-state index is -1.18. The molecular weight excluding hydrogens is 340 g/mol. The van der Waals surface area contributed by atoms with Crippen molar-refractivity contribution in [3.05, 3.63) is 0 Å². The van der Waals surface area contributed by atoms with Crippen LogP contribution < -0.4 is 11.5 Å². The first kappa shape index (κ1) is 31.4. The molecule has 0 amide bonds. The lowest BCUT2D eigenvalue weighted by atomic mass is 10.1. The molecule has 3 atom stereocenters. The van der Waals surface area contributed by atoms with Crippen LogP contribution in [0.2, 0.25) is 0 Å². The zero-order valence-corrected chi connectivity index (χ0v) is 15.1. The molecule has 0 aromatic heterocycles. The van der Waals surface area contributed by atoms with Gasteiger partial charge in [-0.05, 0) is 19.3 Å². The predicted octanol–water partition coefficient (Wildman–Crippen LogP) is -2.84. The second kappa shape index (κ2) is 20.7. The Balaban J connectivity index is -0.000000128. The van der Waals surface area contributed by atoms with Gasteiger partial charge in [0, 0.05) is 7.11 Å². The molecule has 0 aliphatic rings. The van der Waals surface area contributed by atoms with Crippen molar-refractivity contribution >= 4 is 11.9 Å². The molecule has 0 rings (SSSR count). The van der Waals surface area contributed by atoms with Crippen LogP contribution in [0.1, 0.15) is 27.2 Å². The first-order chi connectivity index (χ1) is 11.4. The van der Waals surface area contributed by atoms with Crippen LogP contribution in [0.15, 0.2) is 0 Å². The highest BCUT2D eigenvalue weighted by Gasteiger charge is 2.16. The van der Waals surface area contributed by atoms with Crippen LogP contribution in [0.4, 0.5) is 0 Å². The number of nitrogens with two attached hydrogens (primary N) is 2. The Kier molecular flexibility index (Phi) is 26.0. The number of carboxylic acid groups (broad SMARTS) is 2. The molecule has 11 heteroatoms. The number of carbonyl (C=O) groups is 2. The van der Waals surface area contributed by atoms with Gasteiger partial charge in [-0.3, -0.25) is 9.59 Å². The first-order valence-electron chi connectivity index (χ1n) is 7.39. The Bertz CT molecular complexity index is 311. The summed E-state index contributed by atoms with van der Waals surface area (Å²) in [6.07, 6.45) is -1.38. The summed E-state index contributed by atoms with van der Waals surface area (Å²) in [6.45, 7) is 4.50. The minimum absolute atomic E-state index is 0.357. The van der Waals surface area contributed by atoms with Crippen molar-refractivity contribution in [1.29, 1.82) is 0 Å². The van der Waals surface area contributed by atoms with E-state index >= 15 is 0 Å². The van der Waals surface area contributed by atoms with E-state index in [1.54, 1.807) is 0 Å². The van der Waals surface area contributed by atoms with Crippen LogP contribution in [-0.2, 0) is 9.59 Å². The van der Waals surface area contributed by atoms with Crippen LogP contribution in [0.5, 0.6) is 0 Å². The molecule has 0 saturated carbocycles. The second-order valence-corrected chi connectivity index (χ2v) is 5.20. The van der Waals surface area contributed by atoms with Gasteiger partial charge in [0.1, 0.15) is 18.2 Å². The highest BCUT2D eigenvalue weighted by atomic mass is 16.4. The quantitative estimate of drug-likeness (QED) is 0.220. The Labute approximate surface area is 147 Å². The maximum Gasteiger partial charge on any atom is 0.323 e. The fourth-order valence-electron chi connectivity index (χ4n) is 0.873. The third-order valence-electron chi connectivity index (χ3n) is 2.27. The van der Waals surface area contributed by atoms with E-state index in [1.165, 1.54) is 6.92 Å². The Hall–Kier alpha value is -1.34. The van der Waals surface area contributed by atoms with E-state index in [1.807, 2.05) is 13.8 Å². The summed E-state index contributed by atoms with van der Waals surface area (Å²) >= 11 is 0. The van der Waals surface area contributed by atoms with Gasteiger partial charge in [-0.25, -0.2) is 0 Å². The highest BCUT2D eigenvalue weighted by molar-refractivity contribution is 5.73. The number of rotatable bonds is 7. The Morgan fingerprint density at radius 1 is 0.880 bits per heavy atom. The van der Waals surface area contributed by atoms with Crippen molar-refractivity contribution in [2.24, 2.45) is 17.4 Å². The summed E-state index contributed by atoms with van der Waals surface area (Å²) in [5.74, 6) is -1.74. The molecule has 0 radical (unpaired) electrons. The molecule has 0 aliphatic heterocycles. The molecule has 0 fully saturated rings. The Morgan fingerprint density at radius 2 is 1.24 bits per heavy atom. The van der Waals surface area contributed by atoms with Gasteiger partial charge < -0.3 is 47.2 Å². The number of hydrogen-bond acceptors (Lipinski definition) is 9. The highest BCUT2D eigenvalue weighted by Crippen LogP contribution is 2.01. The number of aliphatic hydroxyl groups excluding tert-OH is 5. The predicted molar refractivity (Wildman–Crippen MR) is 90.7 cm³/mol. The van der Waals surface area contributed by atoms with Crippen LogP contribution in [-0.4, -0.2) is 92.3 Å². The molecule has 11 nitrogen and oxygen atoms in total. The molecule has 0 saturated heterocycles. The summed E-state index contributed by atoms with van der Waals surface area (Å²) in [6, 6.07) is -1.85. The third kappa shape index (κ3) is 27.8. The molecular formula is C14H34N2O9. The summed E-state index contributed by atoms with van der Waals surface area (Å²) in [5, 5.41) is 55.9. The molecule has 0 heterocycles. The average molecular weight is 374 g/mol. The van der Waals surface area contributed by atoms with Gasteiger partial charge in [0.2, 0.25) is 0 Å². The summed E-state index contributed by atoms with van der Waals surface area (Å²) in [7, 11) is 1.00. The normalized spacial score (nSPS) is 13.2. The van der Waals surface area contributed by atoms with Crippen molar-refractivity contribution in [2.75, 3.05) is 20.3 Å². The topological polar surface area (TPSA) is 228 Å². The van der Waals surface area contributed by atoms with E-state index in [0.29, 0.717) is 12.3 Å². The van der Waals surface area contributed by atoms with Crippen LogP contribution in [0.3, 0.4) is 0 Å². The van der Waals surface area contributed by atoms with E-state index in [0.717, 1.165) is 7.11 Å². The fourth-order valence-corrected chi connectivity index (χ4v) is 0.873. The van der Waals surface area contributed by atoms with Crippen molar-refractivity contribution < 1.29 is 45.3 Å². The smallest absolute Gasteiger partial charge is 0.323 e. The average Bonchev–Trinajstić information content (AvgIpc) is 2.55.